The number of hydrogen-bond acceptors (Lipinski definition) is 4. The van der Waals surface area contributed by atoms with Crippen molar-refractivity contribution in [1.82, 2.24) is 0 Å². The Balaban J connectivity index is 0.00000109. The monoisotopic (exact) mass is 554 g/mol. The van der Waals surface area contributed by atoms with Crippen molar-refractivity contribution < 1.29 is 135 Å². The quantitative estimate of drug-likeness (QED) is 0.227. The number of carbonyl (C=O) groups is 2. The van der Waals surface area contributed by atoms with Crippen molar-refractivity contribution in [1.29, 1.82) is 0 Å². The van der Waals surface area contributed by atoms with E-state index in [4.69, 9.17) is 9.47 Å². The Hall–Kier alpha value is 2.42. The van der Waals surface area contributed by atoms with Crippen LogP contribution in [0.3, 0.4) is 0 Å². The average molecular weight is 555 g/mol. The Bertz CT molecular complexity index is 713. The summed E-state index contributed by atoms with van der Waals surface area (Å²) in [5.41, 5.74) is 0. The minimum atomic E-state index is -0.243. The fraction of sp³-hybridized carbons (Fsp3) is 0.833. The van der Waals surface area contributed by atoms with Crippen molar-refractivity contribution in [2.75, 3.05) is 6.61 Å². The number of ether oxygens (including phenoxy) is 2. The second-order valence-corrected chi connectivity index (χ2v) is 10.8. The third-order valence-corrected chi connectivity index (χ3v) is 10.2. The molecular weight excluding hydrogens is 523 g/mol. The largest absolute Gasteiger partial charge is 1.00 e. The van der Waals surface area contributed by atoms with Gasteiger partial charge in [-0.05, 0) is 49.4 Å². The van der Waals surface area contributed by atoms with Crippen molar-refractivity contribution in [3.63, 3.8) is 0 Å². The zero-order valence-electron chi connectivity index (χ0n) is 19.2. The smallest absolute Gasteiger partial charge is 0.489 e. The average Bonchev–Trinajstić information content (AvgIpc) is 3.44. The Morgan fingerprint density at radius 1 is 1.03 bits per heavy atom. The van der Waals surface area contributed by atoms with Gasteiger partial charge in [0.15, 0.2) is 0 Å². The standard InChI is InChI=1S/C24H32O4.2Rb/c1-10-11(2)15-7-14(10)21-16-8-17(22(15)21)20(12(16)3)24(26)27-9-18-13-5-4-6-19(13)28-23(18)25;;/h10-11,13-19,21-22H,4-9H2,1-3H3;;/q-2;2*+1. The van der Waals surface area contributed by atoms with Gasteiger partial charge in [-0.2, -0.15) is 11.8 Å². The zero-order valence-corrected chi connectivity index (χ0v) is 29.1. The molecule has 0 aromatic carbocycles. The summed E-state index contributed by atoms with van der Waals surface area (Å²) in [5, 5.41) is 0. The van der Waals surface area contributed by atoms with Crippen LogP contribution in [0, 0.1) is 71.0 Å². The van der Waals surface area contributed by atoms with Crippen LogP contribution in [0.1, 0.15) is 52.9 Å². The first kappa shape index (κ1) is 25.5. The van der Waals surface area contributed by atoms with Crippen LogP contribution >= 0.6 is 0 Å². The second kappa shape index (κ2) is 9.47. The van der Waals surface area contributed by atoms with Crippen LogP contribution in [0.5, 0.6) is 0 Å². The van der Waals surface area contributed by atoms with Gasteiger partial charge in [0, 0.05) is 5.92 Å². The van der Waals surface area contributed by atoms with Gasteiger partial charge in [-0.15, -0.1) is 6.42 Å². The molecule has 30 heavy (non-hydrogen) atoms. The fourth-order valence-corrected chi connectivity index (χ4v) is 8.82. The van der Waals surface area contributed by atoms with Crippen LogP contribution < -0.4 is 116 Å². The van der Waals surface area contributed by atoms with Gasteiger partial charge in [-0.3, -0.25) is 9.59 Å². The van der Waals surface area contributed by atoms with Crippen molar-refractivity contribution in [2.45, 2.75) is 59.0 Å². The van der Waals surface area contributed by atoms with Crippen molar-refractivity contribution in [2.24, 2.45) is 59.2 Å². The molecule has 11 atom stereocenters. The molecule has 0 aromatic heterocycles. The van der Waals surface area contributed by atoms with Crippen LogP contribution in [0.2, 0.25) is 0 Å². The summed E-state index contributed by atoms with van der Waals surface area (Å²) in [6.07, 6.45) is 5.71. The molecule has 1 heterocycles. The van der Waals surface area contributed by atoms with Crippen LogP contribution in [-0.2, 0) is 19.1 Å². The molecule has 4 bridgehead atoms. The van der Waals surface area contributed by atoms with Crippen LogP contribution in [0.15, 0.2) is 0 Å². The third kappa shape index (κ3) is 3.61. The van der Waals surface area contributed by atoms with E-state index in [0.717, 1.165) is 61.2 Å². The molecular formula is C24H32O4Rb2. The first-order valence-electron chi connectivity index (χ1n) is 11.6. The van der Waals surface area contributed by atoms with Gasteiger partial charge in [0.1, 0.15) is 18.7 Å². The predicted octanol–water partition coefficient (Wildman–Crippen LogP) is -2.15. The minimum Gasteiger partial charge on any atom is -0.489 e. The summed E-state index contributed by atoms with van der Waals surface area (Å²) in [6, 6.07) is 0. The molecule has 0 radical (unpaired) electrons. The number of hydrogen-bond donors (Lipinski definition) is 0. The van der Waals surface area contributed by atoms with Gasteiger partial charge < -0.3 is 21.3 Å². The van der Waals surface area contributed by atoms with E-state index in [1.807, 2.05) is 0 Å². The molecule has 1 saturated heterocycles. The maximum Gasteiger partial charge on any atom is 1.00 e. The van der Waals surface area contributed by atoms with Gasteiger partial charge in [0.2, 0.25) is 0 Å². The van der Waals surface area contributed by atoms with Gasteiger partial charge in [0.25, 0.3) is 0 Å². The third-order valence-electron chi connectivity index (χ3n) is 10.2. The molecule has 1 aliphatic heterocycles. The van der Waals surface area contributed by atoms with Crippen LogP contribution in [0.4, 0.5) is 0 Å². The molecule has 11 unspecified atom stereocenters. The predicted molar refractivity (Wildman–Crippen MR) is 102 cm³/mol. The Kier molecular flexibility index (Phi) is 8.05. The topological polar surface area (TPSA) is 52.6 Å². The summed E-state index contributed by atoms with van der Waals surface area (Å²) in [4.78, 5) is 25.3. The van der Waals surface area contributed by atoms with Gasteiger partial charge >= 0.3 is 122 Å². The Morgan fingerprint density at radius 3 is 2.40 bits per heavy atom. The van der Waals surface area contributed by atoms with Gasteiger partial charge in [-0.25, -0.2) is 6.92 Å². The molecule has 6 heteroatoms. The van der Waals surface area contributed by atoms with Crippen molar-refractivity contribution >= 4 is 11.9 Å². The Labute approximate surface area is 278 Å². The fourth-order valence-electron chi connectivity index (χ4n) is 8.82. The molecule has 6 aliphatic rings. The van der Waals surface area contributed by atoms with E-state index in [1.54, 1.807) is 0 Å². The molecule has 5 saturated carbocycles. The number of rotatable bonds is 3. The summed E-state index contributed by atoms with van der Waals surface area (Å²) in [7, 11) is 0. The number of esters is 2. The van der Waals surface area contributed by atoms with E-state index in [9.17, 15) is 9.59 Å². The summed E-state index contributed by atoms with van der Waals surface area (Å²) < 4.78 is 11.3. The Morgan fingerprint density at radius 2 is 1.70 bits per heavy atom. The SMILES string of the molecule is C[C-]1[C-](C(=O)OCC2C(=O)OC3CCCC32)C2CC1C1C3CC(C(C)C3C)C21.[Rb+].[Rb+]. The summed E-state index contributed by atoms with van der Waals surface area (Å²) in [6.45, 7) is 7.26. The van der Waals surface area contributed by atoms with E-state index in [0.29, 0.717) is 17.8 Å². The van der Waals surface area contributed by atoms with E-state index in [2.05, 4.69) is 20.8 Å². The molecule has 6 rings (SSSR count). The normalized spacial score (nSPS) is 50.0. The van der Waals surface area contributed by atoms with Crippen molar-refractivity contribution in [3.8, 4) is 0 Å². The van der Waals surface area contributed by atoms with E-state index >= 15 is 0 Å². The van der Waals surface area contributed by atoms with E-state index in [-0.39, 0.29) is 153 Å². The van der Waals surface area contributed by atoms with Crippen LogP contribution in [0.25, 0.3) is 0 Å². The summed E-state index contributed by atoms with van der Waals surface area (Å²) >= 11 is 0. The van der Waals surface area contributed by atoms with Crippen LogP contribution in [-0.4, -0.2) is 24.6 Å². The molecule has 0 spiro atoms. The van der Waals surface area contributed by atoms with E-state index < -0.39 is 0 Å². The molecule has 0 N–H and O–H groups in total. The number of fused-ring (bicyclic) bond motifs is 10. The molecule has 4 nitrogen and oxygen atoms in total. The second-order valence-electron chi connectivity index (χ2n) is 10.8. The zero-order chi connectivity index (χ0) is 19.3. The molecule has 5 aliphatic carbocycles. The van der Waals surface area contributed by atoms with Gasteiger partial charge in [-0.1, -0.05) is 25.7 Å². The molecule has 0 amide bonds. The minimum absolute atomic E-state index is 0. The maximum absolute atomic E-state index is 13.1. The molecule has 6 fully saturated rings. The van der Waals surface area contributed by atoms with Gasteiger partial charge in [0.05, 0.1) is 5.92 Å². The summed E-state index contributed by atoms with van der Waals surface area (Å²) in [5.74, 6) is 7.78. The van der Waals surface area contributed by atoms with Crippen molar-refractivity contribution in [3.05, 3.63) is 11.8 Å². The molecule has 154 valence electrons. The number of carbonyl (C=O) groups excluding carboxylic acids is 2. The first-order chi connectivity index (χ1) is 13.5. The van der Waals surface area contributed by atoms with E-state index in [1.165, 1.54) is 12.3 Å². The molecule has 0 aromatic rings. The maximum atomic E-state index is 13.1. The first-order valence-corrected chi connectivity index (χ1v) is 11.6.